The largest absolute Gasteiger partial charge is 0.482 e. The van der Waals surface area contributed by atoms with E-state index in [0.29, 0.717) is 24.7 Å². The van der Waals surface area contributed by atoms with Gasteiger partial charge in [0.15, 0.2) is 6.61 Å². The van der Waals surface area contributed by atoms with Crippen LogP contribution in [0.4, 0.5) is 0 Å². The number of carbonyl (C=O) groups excluding carboxylic acids is 1. The Bertz CT molecular complexity index is 616. The smallest absolute Gasteiger partial charge is 0.260 e. The van der Waals surface area contributed by atoms with E-state index in [1.807, 2.05) is 0 Å². The molecule has 2 aromatic heterocycles. The van der Waals surface area contributed by atoms with Gasteiger partial charge >= 0.3 is 0 Å². The van der Waals surface area contributed by atoms with Gasteiger partial charge < -0.3 is 14.4 Å². The number of hydrogen-bond acceptors (Lipinski definition) is 6. The third kappa shape index (κ3) is 4.38. The molecule has 1 aliphatic heterocycles. The highest BCUT2D eigenvalue weighted by molar-refractivity contribution is 5.77. The van der Waals surface area contributed by atoms with E-state index in [4.69, 9.17) is 9.47 Å². The molecule has 7 heteroatoms. The number of nitrogens with zero attached hydrogens (tertiary/aromatic N) is 4. The van der Waals surface area contributed by atoms with Crippen LogP contribution < -0.4 is 9.47 Å². The topological polar surface area (TPSA) is 77.4 Å². The van der Waals surface area contributed by atoms with Crippen molar-refractivity contribution in [1.29, 1.82) is 0 Å². The highest BCUT2D eigenvalue weighted by atomic mass is 16.5. The van der Waals surface area contributed by atoms with Crippen LogP contribution in [0.2, 0.25) is 0 Å². The van der Waals surface area contributed by atoms with Gasteiger partial charge in [-0.3, -0.25) is 14.8 Å². The van der Waals surface area contributed by atoms with Crippen LogP contribution in [0.5, 0.6) is 11.6 Å². The number of hydrogen-bond donors (Lipinski definition) is 0. The first kappa shape index (κ1) is 15.2. The lowest BCUT2D eigenvalue weighted by molar-refractivity contribution is -0.135. The van der Waals surface area contributed by atoms with Gasteiger partial charge in [-0.05, 0) is 12.1 Å². The van der Waals surface area contributed by atoms with Gasteiger partial charge in [-0.2, -0.15) is 0 Å². The zero-order chi connectivity index (χ0) is 15.9. The third-order valence-electron chi connectivity index (χ3n) is 3.62. The SMILES string of the molecule is O=C(COc1cccnc1)N1CCC(Oc2cnccn2)CC1. The maximum atomic E-state index is 12.2. The van der Waals surface area contributed by atoms with Crippen molar-refractivity contribution in [3.05, 3.63) is 43.1 Å². The summed E-state index contributed by atoms with van der Waals surface area (Å²) in [5, 5.41) is 0. The van der Waals surface area contributed by atoms with Crippen LogP contribution in [-0.4, -0.2) is 51.6 Å². The summed E-state index contributed by atoms with van der Waals surface area (Å²) in [5.41, 5.74) is 0. The average Bonchev–Trinajstić information content (AvgIpc) is 2.62. The van der Waals surface area contributed by atoms with Crippen LogP contribution >= 0.6 is 0 Å². The minimum atomic E-state index is -0.0215. The minimum absolute atomic E-state index is 0.0215. The van der Waals surface area contributed by atoms with Crippen molar-refractivity contribution in [2.75, 3.05) is 19.7 Å². The fourth-order valence-electron chi connectivity index (χ4n) is 2.41. The molecule has 0 atom stereocenters. The lowest BCUT2D eigenvalue weighted by Gasteiger charge is -2.31. The van der Waals surface area contributed by atoms with Gasteiger partial charge in [0.1, 0.15) is 11.9 Å². The van der Waals surface area contributed by atoms with E-state index in [-0.39, 0.29) is 18.6 Å². The molecule has 3 heterocycles. The van der Waals surface area contributed by atoms with Crippen LogP contribution in [0.1, 0.15) is 12.8 Å². The summed E-state index contributed by atoms with van der Waals surface area (Å²) in [6.45, 7) is 1.34. The number of pyridine rings is 1. The predicted octanol–water partition coefficient (Wildman–Crippen LogP) is 1.32. The van der Waals surface area contributed by atoms with E-state index in [1.165, 1.54) is 0 Å². The van der Waals surface area contributed by atoms with E-state index >= 15 is 0 Å². The fourth-order valence-corrected chi connectivity index (χ4v) is 2.41. The molecule has 0 aliphatic carbocycles. The predicted molar refractivity (Wildman–Crippen MR) is 82.0 cm³/mol. The molecular formula is C16H18N4O3. The fraction of sp³-hybridized carbons (Fsp3) is 0.375. The normalized spacial score (nSPS) is 15.2. The maximum Gasteiger partial charge on any atom is 0.260 e. The number of aromatic nitrogens is 3. The molecule has 1 fully saturated rings. The lowest BCUT2D eigenvalue weighted by atomic mass is 10.1. The Morgan fingerprint density at radius 2 is 2.00 bits per heavy atom. The van der Waals surface area contributed by atoms with Gasteiger partial charge in [0.2, 0.25) is 5.88 Å². The summed E-state index contributed by atoms with van der Waals surface area (Å²) in [5.74, 6) is 1.10. The maximum absolute atomic E-state index is 12.2. The van der Waals surface area contributed by atoms with Crippen molar-refractivity contribution in [2.45, 2.75) is 18.9 Å². The molecule has 0 unspecified atom stereocenters. The van der Waals surface area contributed by atoms with Gasteiger partial charge in [-0.1, -0.05) is 0 Å². The molecule has 0 N–H and O–H groups in total. The molecular weight excluding hydrogens is 296 g/mol. The van der Waals surface area contributed by atoms with Crippen molar-refractivity contribution >= 4 is 5.91 Å². The van der Waals surface area contributed by atoms with Crippen molar-refractivity contribution in [2.24, 2.45) is 0 Å². The van der Waals surface area contributed by atoms with Crippen LogP contribution in [-0.2, 0) is 4.79 Å². The molecule has 3 rings (SSSR count). The quantitative estimate of drug-likeness (QED) is 0.828. The number of ether oxygens (including phenoxy) is 2. The summed E-state index contributed by atoms with van der Waals surface area (Å²) in [4.78, 5) is 26.0. The summed E-state index contributed by atoms with van der Waals surface area (Å²) < 4.78 is 11.2. The number of amides is 1. The molecule has 0 aromatic carbocycles. The Morgan fingerprint density at radius 3 is 2.70 bits per heavy atom. The Hall–Kier alpha value is -2.70. The molecule has 1 saturated heterocycles. The monoisotopic (exact) mass is 314 g/mol. The van der Waals surface area contributed by atoms with E-state index in [2.05, 4.69) is 15.0 Å². The van der Waals surface area contributed by atoms with Gasteiger partial charge in [0, 0.05) is 44.5 Å². The van der Waals surface area contributed by atoms with Gasteiger partial charge in [-0.25, -0.2) is 4.98 Å². The molecule has 23 heavy (non-hydrogen) atoms. The molecule has 1 amide bonds. The lowest BCUT2D eigenvalue weighted by Crippen LogP contribution is -2.43. The number of likely N-dealkylation sites (tertiary alicyclic amines) is 1. The average molecular weight is 314 g/mol. The Balaban J connectivity index is 1.42. The van der Waals surface area contributed by atoms with Crippen molar-refractivity contribution < 1.29 is 14.3 Å². The van der Waals surface area contributed by atoms with Crippen LogP contribution in [0.15, 0.2) is 43.1 Å². The Morgan fingerprint density at radius 1 is 1.17 bits per heavy atom. The van der Waals surface area contributed by atoms with Crippen molar-refractivity contribution in [3.8, 4) is 11.6 Å². The minimum Gasteiger partial charge on any atom is -0.482 e. The standard InChI is InChI=1S/C16H18N4O3/c21-16(12-22-14-2-1-5-17-10-14)20-8-3-13(4-9-20)23-15-11-18-6-7-19-15/h1-2,5-7,10-11,13H,3-4,8-9,12H2. The second-order valence-electron chi connectivity index (χ2n) is 5.22. The first-order valence-electron chi connectivity index (χ1n) is 7.54. The van der Waals surface area contributed by atoms with Gasteiger partial charge in [0.05, 0.1) is 12.4 Å². The summed E-state index contributed by atoms with van der Waals surface area (Å²) in [6, 6.07) is 3.55. The number of rotatable bonds is 5. The molecule has 2 aromatic rings. The van der Waals surface area contributed by atoms with Gasteiger partial charge in [0.25, 0.3) is 5.91 Å². The highest BCUT2D eigenvalue weighted by Gasteiger charge is 2.24. The van der Waals surface area contributed by atoms with Crippen LogP contribution in [0.25, 0.3) is 0 Å². The van der Waals surface area contributed by atoms with Crippen molar-refractivity contribution in [3.63, 3.8) is 0 Å². The second kappa shape index (κ2) is 7.53. The summed E-state index contributed by atoms with van der Waals surface area (Å²) in [7, 11) is 0. The summed E-state index contributed by atoms with van der Waals surface area (Å²) >= 11 is 0. The molecule has 1 aliphatic rings. The molecule has 0 radical (unpaired) electrons. The molecule has 0 bridgehead atoms. The number of piperidine rings is 1. The second-order valence-corrected chi connectivity index (χ2v) is 5.22. The van der Waals surface area contributed by atoms with Gasteiger partial charge in [-0.15, -0.1) is 0 Å². The van der Waals surface area contributed by atoms with Crippen molar-refractivity contribution in [1.82, 2.24) is 19.9 Å². The van der Waals surface area contributed by atoms with E-state index in [0.717, 1.165) is 12.8 Å². The Kier molecular flexibility index (Phi) is 4.98. The summed E-state index contributed by atoms with van der Waals surface area (Å²) in [6.07, 6.45) is 9.67. The number of carbonyl (C=O) groups is 1. The molecule has 0 saturated carbocycles. The molecule has 0 spiro atoms. The van der Waals surface area contributed by atoms with E-state index in [9.17, 15) is 4.79 Å². The molecule has 120 valence electrons. The Labute approximate surface area is 134 Å². The first-order valence-corrected chi connectivity index (χ1v) is 7.54. The first-order chi connectivity index (χ1) is 11.3. The zero-order valence-electron chi connectivity index (χ0n) is 12.7. The zero-order valence-corrected chi connectivity index (χ0v) is 12.7. The molecule has 7 nitrogen and oxygen atoms in total. The van der Waals surface area contributed by atoms with E-state index in [1.54, 1.807) is 48.0 Å². The highest BCUT2D eigenvalue weighted by Crippen LogP contribution is 2.16. The third-order valence-corrected chi connectivity index (χ3v) is 3.62. The van der Waals surface area contributed by atoms with Crippen LogP contribution in [0, 0.1) is 0 Å². The van der Waals surface area contributed by atoms with Crippen LogP contribution in [0.3, 0.4) is 0 Å². The van der Waals surface area contributed by atoms with E-state index < -0.39 is 0 Å².